The van der Waals surface area contributed by atoms with E-state index in [2.05, 4.69) is 12.1 Å². The van der Waals surface area contributed by atoms with Crippen molar-refractivity contribution < 1.29 is 9.53 Å². The Labute approximate surface area is 150 Å². The lowest BCUT2D eigenvalue weighted by molar-refractivity contribution is -0.137. The number of ether oxygens (including phenoxy) is 1. The zero-order chi connectivity index (χ0) is 16.5. The van der Waals surface area contributed by atoms with Gasteiger partial charge in [-0.2, -0.15) is 0 Å². The fourth-order valence-electron chi connectivity index (χ4n) is 2.41. The first-order valence-electron chi connectivity index (χ1n) is 7.95. The zero-order valence-corrected chi connectivity index (χ0v) is 14.7. The quantitative estimate of drug-likeness (QED) is 0.798. The number of carbonyl (C=O) groups is 1. The second kappa shape index (κ2) is 10.7. The van der Waals surface area contributed by atoms with E-state index in [-0.39, 0.29) is 18.3 Å². The highest BCUT2D eigenvalue weighted by molar-refractivity contribution is 5.85. The van der Waals surface area contributed by atoms with Crippen molar-refractivity contribution in [3.63, 3.8) is 0 Å². The van der Waals surface area contributed by atoms with Crippen LogP contribution in [0, 0.1) is 0 Å². The van der Waals surface area contributed by atoms with E-state index in [9.17, 15) is 4.79 Å². The summed E-state index contributed by atoms with van der Waals surface area (Å²) in [5.41, 5.74) is 6.86. The van der Waals surface area contributed by atoms with Crippen LogP contribution in [0.3, 0.4) is 0 Å². The molecule has 0 fully saturated rings. The third kappa shape index (κ3) is 6.22. The minimum atomic E-state index is -0.528. The fraction of sp³-hybridized carbons (Fsp3) is 0.316. The van der Waals surface area contributed by atoms with E-state index in [1.54, 1.807) is 11.8 Å². The monoisotopic (exact) mass is 348 g/mol. The normalized spacial score (nSPS) is 11.2. The number of nitrogens with zero attached hydrogens (tertiary/aromatic N) is 1. The number of rotatable bonds is 8. The van der Waals surface area contributed by atoms with Crippen LogP contribution in [0.25, 0.3) is 0 Å². The summed E-state index contributed by atoms with van der Waals surface area (Å²) in [6, 6.07) is 19.5. The molecule has 2 aromatic rings. The smallest absolute Gasteiger partial charge is 0.263 e. The third-order valence-electron chi connectivity index (χ3n) is 3.63. The van der Waals surface area contributed by atoms with Crippen molar-refractivity contribution in [3.8, 4) is 5.75 Å². The number of hydrogen-bond acceptors (Lipinski definition) is 3. The van der Waals surface area contributed by atoms with Crippen LogP contribution in [0.15, 0.2) is 60.7 Å². The lowest BCUT2D eigenvalue weighted by Gasteiger charge is -2.25. The van der Waals surface area contributed by atoms with E-state index >= 15 is 0 Å². The van der Waals surface area contributed by atoms with E-state index in [4.69, 9.17) is 10.5 Å². The number of hydrogen-bond donors (Lipinski definition) is 1. The van der Waals surface area contributed by atoms with Gasteiger partial charge >= 0.3 is 0 Å². The largest absolute Gasteiger partial charge is 0.481 e. The lowest BCUT2D eigenvalue weighted by atomic mass is 10.1. The van der Waals surface area contributed by atoms with Gasteiger partial charge in [0.2, 0.25) is 0 Å². The Balaban J connectivity index is 0.00000288. The minimum absolute atomic E-state index is 0. The summed E-state index contributed by atoms with van der Waals surface area (Å²) in [5.74, 6) is 0.666. The summed E-state index contributed by atoms with van der Waals surface area (Å²) in [4.78, 5) is 14.4. The maximum absolute atomic E-state index is 12.6. The molecule has 0 aromatic heterocycles. The Hall–Kier alpha value is -2.04. The predicted octanol–water partition coefficient (Wildman–Crippen LogP) is 2.91. The molecule has 4 nitrogen and oxygen atoms in total. The highest BCUT2D eigenvalue weighted by Crippen LogP contribution is 2.12. The van der Waals surface area contributed by atoms with Crippen LogP contribution in [0.2, 0.25) is 0 Å². The first kappa shape index (κ1) is 20.0. The van der Waals surface area contributed by atoms with Gasteiger partial charge in [-0.1, -0.05) is 48.5 Å². The van der Waals surface area contributed by atoms with E-state index in [0.29, 0.717) is 25.4 Å². The number of halogens is 1. The standard InChI is InChI=1S/C19H24N2O2.ClH/c1-16(23-18-10-6-3-7-11-18)19(22)21(15-13-20)14-12-17-8-4-2-5-9-17;/h2-11,16H,12-15,20H2,1H3;1H. The summed E-state index contributed by atoms with van der Waals surface area (Å²) >= 11 is 0. The van der Waals surface area contributed by atoms with E-state index in [1.807, 2.05) is 48.5 Å². The first-order chi connectivity index (χ1) is 11.2. The van der Waals surface area contributed by atoms with Crippen molar-refractivity contribution in [1.29, 1.82) is 0 Å². The summed E-state index contributed by atoms with van der Waals surface area (Å²) in [7, 11) is 0. The van der Waals surface area contributed by atoms with Gasteiger partial charge in [0.15, 0.2) is 6.10 Å². The van der Waals surface area contributed by atoms with Crippen molar-refractivity contribution in [2.75, 3.05) is 19.6 Å². The molecule has 0 aliphatic carbocycles. The third-order valence-corrected chi connectivity index (χ3v) is 3.63. The van der Waals surface area contributed by atoms with Gasteiger partial charge in [0, 0.05) is 19.6 Å². The van der Waals surface area contributed by atoms with Gasteiger partial charge in [0.05, 0.1) is 0 Å². The topological polar surface area (TPSA) is 55.6 Å². The van der Waals surface area contributed by atoms with Crippen LogP contribution >= 0.6 is 12.4 Å². The van der Waals surface area contributed by atoms with Gasteiger partial charge in [-0.15, -0.1) is 12.4 Å². The molecular weight excluding hydrogens is 324 g/mol. The van der Waals surface area contributed by atoms with Crippen LogP contribution < -0.4 is 10.5 Å². The van der Waals surface area contributed by atoms with E-state index in [0.717, 1.165) is 6.42 Å². The van der Waals surface area contributed by atoms with Gasteiger partial charge in [0.1, 0.15) is 5.75 Å². The summed E-state index contributed by atoms with van der Waals surface area (Å²) in [6.45, 7) is 3.40. The van der Waals surface area contributed by atoms with Gasteiger partial charge in [-0.25, -0.2) is 0 Å². The highest BCUT2D eigenvalue weighted by Gasteiger charge is 2.21. The molecular formula is C19H25ClN2O2. The van der Waals surface area contributed by atoms with Crippen molar-refractivity contribution >= 4 is 18.3 Å². The molecule has 0 saturated heterocycles. The highest BCUT2D eigenvalue weighted by atomic mass is 35.5. The molecule has 130 valence electrons. The number of para-hydroxylation sites is 1. The summed E-state index contributed by atoms with van der Waals surface area (Å²) in [5, 5.41) is 0. The molecule has 0 spiro atoms. The molecule has 2 aromatic carbocycles. The average molecular weight is 349 g/mol. The van der Waals surface area contributed by atoms with E-state index < -0.39 is 6.10 Å². The SMILES string of the molecule is CC(Oc1ccccc1)C(=O)N(CCN)CCc1ccccc1.Cl. The molecule has 5 heteroatoms. The molecule has 2 rings (SSSR count). The zero-order valence-electron chi connectivity index (χ0n) is 13.9. The summed E-state index contributed by atoms with van der Waals surface area (Å²) < 4.78 is 5.72. The average Bonchev–Trinajstić information content (AvgIpc) is 2.59. The molecule has 24 heavy (non-hydrogen) atoms. The second-order valence-corrected chi connectivity index (χ2v) is 5.42. The van der Waals surface area contributed by atoms with E-state index in [1.165, 1.54) is 5.56 Å². The van der Waals surface area contributed by atoms with Gasteiger partial charge in [-0.05, 0) is 31.0 Å². The maximum Gasteiger partial charge on any atom is 0.263 e. The predicted molar refractivity (Wildman–Crippen MR) is 99.6 cm³/mol. The van der Waals surface area contributed by atoms with Crippen LogP contribution in [-0.4, -0.2) is 36.5 Å². The summed E-state index contributed by atoms with van der Waals surface area (Å²) in [6.07, 6.45) is 0.282. The molecule has 0 heterocycles. The fourth-order valence-corrected chi connectivity index (χ4v) is 2.41. The maximum atomic E-state index is 12.6. The van der Waals surface area contributed by atoms with Crippen LogP contribution in [0.1, 0.15) is 12.5 Å². The molecule has 1 amide bonds. The van der Waals surface area contributed by atoms with Gasteiger partial charge < -0.3 is 15.4 Å². The number of carbonyl (C=O) groups excluding carboxylic acids is 1. The molecule has 0 aliphatic heterocycles. The number of nitrogens with two attached hydrogens (primary N) is 1. The Morgan fingerprint density at radius 1 is 1.04 bits per heavy atom. The van der Waals surface area contributed by atoms with Crippen LogP contribution in [0.4, 0.5) is 0 Å². The number of benzene rings is 2. The molecule has 2 N–H and O–H groups in total. The van der Waals surface area contributed by atoms with Crippen molar-refractivity contribution in [1.82, 2.24) is 4.90 Å². The molecule has 0 radical (unpaired) electrons. The molecule has 1 unspecified atom stereocenters. The van der Waals surface area contributed by atoms with Crippen LogP contribution in [-0.2, 0) is 11.2 Å². The van der Waals surface area contributed by atoms with Crippen molar-refractivity contribution in [2.24, 2.45) is 5.73 Å². The van der Waals surface area contributed by atoms with Gasteiger partial charge in [0.25, 0.3) is 5.91 Å². The Morgan fingerprint density at radius 2 is 1.62 bits per heavy atom. The Kier molecular flexibility index (Phi) is 8.90. The second-order valence-electron chi connectivity index (χ2n) is 5.42. The minimum Gasteiger partial charge on any atom is -0.481 e. The number of amides is 1. The van der Waals surface area contributed by atoms with Crippen LogP contribution in [0.5, 0.6) is 5.75 Å². The molecule has 0 aliphatic rings. The Bertz CT molecular complexity index is 593. The Morgan fingerprint density at radius 3 is 2.21 bits per heavy atom. The molecule has 1 atom stereocenters. The van der Waals surface area contributed by atoms with Crippen molar-refractivity contribution in [3.05, 3.63) is 66.2 Å². The van der Waals surface area contributed by atoms with Gasteiger partial charge in [-0.3, -0.25) is 4.79 Å². The lowest BCUT2D eigenvalue weighted by Crippen LogP contribution is -2.43. The van der Waals surface area contributed by atoms with Crippen molar-refractivity contribution in [2.45, 2.75) is 19.4 Å². The molecule has 0 saturated carbocycles. The molecule has 0 bridgehead atoms. The first-order valence-corrected chi connectivity index (χ1v) is 7.95.